The Morgan fingerprint density at radius 2 is 1.82 bits per heavy atom. The molecule has 2 saturated heterocycles. The van der Waals surface area contributed by atoms with Crippen molar-refractivity contribution in [2.24, 2.45) is 5.92 Å². The van der Waals surface area contributed by atoms with Crippen LogP contribution in [0.4, 0.5) is 15.5 Å². The van der Waals surface area contributed by atoms with E-state index in [1.165, 1.54) is 0 Å². The van der Waals surface area contributed by atoms with Gasteiger partial charge in [0.1, 0.15) is 0 Å². The zero-order valence-corrected chi connectivity index (χ0v) is 24.7. The lowest BCUT2D eigenvalue weighted by molar-refractivity contribution is -0.146. The molecule has 2 fully saturated rings. The number of benzene rings is 2. The van der Waals surface area contributed by atoms with Gasteiger partial charge >= 0.3 is 0 Å². The molecule has 1 N–H and O–H groups in total. The van der Waals surface area contributed by atoms with E-state index in [0.29, 0.717) is 29.2 Å². The normalized spacial score (nSPS) is 27.7. The van der Waals surface area contributed by atoms with E-state index in [2.05, 4.69) is 0 Å². The minimum absolute atomic E-state index is 0.138. The number of ether oxygens (including phenoxy) is 1. The van der Waals surface area contributed by atoms with Gasteiger partial charge in [-0.3, -0.25) is 9.59 Å². The summed E-state index contributed by atoms with van der Waals surface area (Å²) < 4.78 is 22.2. The Hall–Kier alpha value is -2.26. The van der Waals surface area contributed by atoms with E-state index in [1.54, 1.807) is 30.1 Å². The highest BCUT2D eigenvalue weighted by Crippen LogP contribution is 2.60. The summed E-state index contributed by atoms with van der Waals surface area (Å²) in [4.78, 5) is 30.6. The molecular weight excluding hydrogens is 535 g/mol. The highest BCUT2D eigenvalue weighted by atomic mass is 35.5. The van der Waals surface area contributed by atoms with E-state index in [9.17, 15) is 14.7 Å². The average molecular weight is 573 g/mol. The fourth-order valence-electron chi connectivity index (χ4n) is 6.97. The van der Waals surface area contributed by atoms with Gasteiger partial charge in [0.05, 0.1) is 18.3 Å². The van der Waals surface area contributed by atoms with Crippen molar-refractivity contribution in [2.45, 2.75) is 82.3 Å². The summed E-state index contributed by atoms with van der Waals surface area (Å²) in [6.07, 6.45) is 4.45. The van der Waals surface area contributed by atoms with Gasteiger partial charge in [-0.2, -0.15) is 0 Å². The number of aliphatic hydroxyl groups is 1. The van der Waals surface area contributed by atoms with Gasteiger partial charge in [-0.25, -0.2) is 0 Å². The standard InChI is InChI=1S/C30H38ClFN2O4Si/c1-20-28(39(2,3)32)26(15-17-35)38-30(20)24-18-22(31)11-14-25(24)34(29(30)37)19-21-9-12-23(13-10-21)33-16-7-5-4-6-8-27(33)36/h9-14,18,20,26,28,35H,4-8,15-17,19H2,1-3H3/t20-,26+,28-,30+/m1/s1. The maximum absolute atomic E-state index is 15.6. The third-order valence-electron chi connectivity index (χ3n) is 8.75. The van der Waals surface area contributed by atoms with Crippen LogP contribution in [0.3, 0.4) is 0 Å². The predicted octanol–water partition coefficient (Wildman–Crippen LogP) is 6.34. The minimum Gasteiger partial charge on any atom is -0.396 e. The number of halogens is 2. The van der Waals surface area contributed by atoms with Crippen molar-refractivity contribution < 1.29 is 23.5 Å². The van der Waals surface area contributed by atoms with E-state index in [0.717, 1.165) is 43.5 Å². The molecule has 9 heteroatoms. The molecule has 0 unspecified atom stereocenters. The second-order valence-corrected chi connectivity index (χ2v) is 15.9. The van der Waals surface area contributed by atoms with Gasteiger partial charge in [0, 0.05) is 47.3 Å². The molecule has 0 aromatic heterocycles. The van der Waals surface area contributed by atoms with Crippen molar-refractivity contribution in [3.8, 4) is 0 Å². The highest BCUT2D eigenvalue weighted by molar-refractivity contribution is 6.72. The topological polar surface area (TPSA) is 70.1 Å². The fourth-order valence-corrected chi connectivity index (χ4v) is 9.68. The number of aliphatic hydroxyl groups excluding tert-OH is 1. The first kappa shape index (κ1) is 28.3. The molecule has 0 radical (unpaired) electrons. The first-order valence-corrected chi connectivity index (χ1v) is 17.4. The molecule has 4 atom stereocenters. The van der Waals surface area contributed by atoms with Crippen LogP contribution in [0.5, 0.6) is 0 Å². The van der Waals surface area contributed by atoms with Crippen molar-refractivity contribution >= 4 is 43.2 Å². The molecule has 2 aromatic carbocycles. The Labute approximate surface area is 236 Å². The van der Waals surface area contributed by atoms with E-state index in [4.69, 9.17) is 16.3 Å². The van der Waals surface area contributed by atoms with Gasteiger partial charge in [0.2, 0.25) is 14.3 Å². The van der Waals surface area contributed by atoms with Gasteiger partial charge in [0.25, 0.3) is 5.91 Å². The first-order valence-electron chi connectivity index (χ1n) is 14.1. The number of hydrogen-bond donors (Lipinski definition) is 1. The van der Waals surface area contributed by atoms with Gasteiger partial charge < -0.3 is 23.8 Å². The molecule has 0 aliphatic carbocycles. The van der Waals surface area contributed by atoms with Crippen LogP contribution in [0.15, 0.2) is 42.5 Å². The number of anilines is 2. The molecule has 5 rings (SSSR count). The van der Waals surface area contributed by atoms with Crippen LogP contribution >= 0.6 is 11.6 Å². The largest absolute Gasteiger partial charge is 0.396 e. The summed E-state index contributed by atoms with van der Waals surface area (Å²) in [7, 11) is -3.25. The third kappa shape index (κ3) is 5.05. The zero-order valence-electron chi connectivity index (χ0n) is 23.0. The highest BCUT2D eigenvalue weighted by Gasteiger charge is 2.66. The van der Waals surface area contributed by atoms with Crippen LogP contribution in [0.1, 0.15) is 56.6 Å². The van der Waals surface area contributed by atoms with Crippen LogP contribution < -0.4 is 9.80 Å². The lowest BCUT2D eigenvalue weighted by atomic mass is 9.82. The van der Waals surface area contributed by atoms with E-state index in [1.807, 2.05) is 42.2 Å². The van der Waals surface area contributed by atoms with E-state index < -0.39 is 31.6 Å². The number of nitrogens with zero attached hydrogens (tertiary/aromatic N) is 2. The van der Waals surface area contributed by atoms with E-state index in [-0.39, 0.29) is 24.8 Å². The Morgan fingerprint density at radius 3 is 2.51 bits per heavy atom. The van der Waals surface area contributed by atoms with Crippen molar-refractivity contribution in [2.75, 3.05) is 23.0 Å². The van der Waals surface area contributed by atoms with Gasteiger partial charge in [-0.05, 0) is 68.3 Å². The maximum atomic E-state index is 15.6. The molecule has 6 nitrogen and oxygen atoms in total. The maximum Gasteiger partial charge on any atom is 0.264 e. The Morgan fingerprint density at radius 1 is 1.10 bits per heavy atom. The Balaban J connectivity index is 1.46. The number of fused-ring (bicyclic) bond motifs is 2. The van der Waals surface area contributed by atoms with Crippen LogP contribution in [-0.4, -0.2) is 44.6 Å². The quantitative estimate of drug-likeness (QED) is 0.324. The molecular formula is C30H38ClFN2O4Si. The SMILES string of the molecule is C[C@@H]1[C@@H]([Si](C)(C)F)[C@H](CCO)O[C@@]12C(=O)N(Cc1ccc(N3CCCCCCC3=O)cc1)c1ccc(Cl)cc12. The average Bonchev–Trinajstić information content (AvgIpc) is 3.29. The van der Waals surface area contributed by atoms with Gasteiger partial charge in [-0.15, -0.1) is 0 Å². The number of amides is 2. The second kappa shape index (κ2) is 11.0. The zero-order chi connectivity index (χ0) is 27.9. The molecule has 3 heterocycles. The van der Waals surface area contributed by atoms with Crippen molar-refractivity contribution in [1.29, 1.82) is 0 Å². The number of carbonyl (C=O) groups is 2. The number of hydrogen-bond acceptors (Lipinski definition) is 4. The molecule has 210 valence electrons. The van der Waals surface area contributed by atoms with Crippen LogP contribution in [0, 0.1) is 5.92 Å². The lowest BCUT2D eigenvalue weighted by Crippen LogP contribution is -2.45. The van der Waals surface area contributed by atoms with Crippen molar-refractivity contribution in [3.63, 3.8) is 0 Å². The van der Waals surface area contributed by atoms with Gasteiger partial charge in [0.15, 0.2) is 5.60 Å². The monoisotopic (exact) mass is 572 g/mol. The van der Waals surface area contributed by atoms with Crippen LogP contribution in [-0.2, 0) is 26.5 Å². The predicted molar refractivity (Wildman–Crippen MR) is 154 cm³/mol. The molecule has 3 aliphatic rings. The second-order valence-electron chi connectivity index (χ2n) is 11.7. The van der Waals surface area contributed by atoms with Crippen molar-refractivity contribution in [3.05, 3.63) is 58.6 Å². The third-order valence-corrected chi connectivity index (χ3v) is 11.4. The Kier molecular flexibility index (Phi) is 7.94. The molecule has 39 heavy (non-hydrogen) atoms. The van der Waals surface area contributed by atoms with E-state index >= 15 is 4.11 Å². The molecule has 3 aliphatic heterocycles. The summed E-state index contributed by atoms with van der Waals surface area (Å²) in [5.74, 6) is -0.487. The molecule has 0 bridgehead atoms. The first-order chi connectivity index (χ1) is 18.6. The number of carbonyl (C=O) groups excluding carboxylic acids is 2. The Bertz CT molecular complexity index is 1240. The molecule has 1 spiro atoms. The van der Waals surface area contributed by atoms with Gasteiger partial charge in [-0.1, -0.05) is 43.5 Å². The van der Waals surface area contributed by atoms with Crippen LogP contribution in [0.25, 0.3) is 0 Å². The van der Waals surface area contributed by atoms with Crippen LogP contribution in [0.2, 0.25) is 23.7 Å². The smallest absolute Gasteiger partial charge is 0.264 e. The summed E-state index contributed by atoms with van der Waals surface area (Å²) in [6, 6.07) is 13.2. The summed E-state index contributed by atoms with van der Waals surface area (Å²) >= 11 is 6.41. The lowest BCUT2D eigenvalue weighted by Gasteiger charge is -2.31. The summed E-state index contributed by atoms with van der Waals surface area (Å²) in [5.41, 5.74) is 1.37. The summed E-state index contributed by atoms with van der Waals surface area (Å²) in [6.45, 7) is 6.09. The minimum atomic E-state index is -3.25. The summed E-state index contributed by atoms with van der Waals surface area (Å²) in [5, 5.41) is 10.2. The molecule has 2 aromatic rings. The molecule has 2 amide bonds. The molecule has 0 saturated carbocycles. The fraction of sp³-hybridized carbons (Fsp3) is 0.533. The van der Waals surface area contributed by atoms with Crippen molar-refractivity contribution in [1.82, 2.24) is 0 Å². The number of rotatable bonds is 6.